The maximum Gasteiger partial charge on any atom is 0.416 e. The first kappa shape index (κ1) is 14.7. The molecule has 0 saturated heterocycles. The lowest BCUT2D eigenvalue weighted by molar-refractivity contribution is -0.137. The summed E-state index contributed by atoms with van der Waals surface area (Å²) in [6.45, 7) is 4.63. The van der Waals surface area contributed by atoms with Crippen LogP contribution in [0.5, 0.6) is 0 Å². The van der Waals surface area contributed by atoms with Gasteiger partial charge in [0.2, 0.25) is 0 Å². The van der Waals surface area contributed by atoms with Crippen molar-refractivity contribution in [3.63, 3.8) is 0 Å². The largest absolute Gasteiger partial charge is 0.416 e. The number of carbonyl (C=O) groups is 1. The number of halogens is 3. The van der Waals surface area contributed by atoms with Crippen molar-refractivity contribution < 1.29 is 22.7 Å². The quantitative estimate of drug-likeness (QED) is 0.776. The lowest BCUT2D eigenvalue weighted by Gasteiger charge is -2.22. The van der Waals surface area contributed by atoms with Crippen molar-refractivity contribution >= 4 is 5.78 Å². The number of hydrogen-bond acceptors (Lipinski definition) is 2. The van der Waals surface area contributed by atoms with Crippen LogP contribution in [0, 0.1) is 6.92 Å². The molecule has 0 radical (unpaired) electrons. The summed E-state index contributed by atoms with van der Waals surface area (Å²) in [6, 6.07) is 3.08. The van der Waals surface area contributed by atoms with E-state index in [9.17, 15) is 18.0 Å². The molecule has 0 amide bonds. The van der Waals surface area contributed by atoms with E-state index in [1.165, 1.54) is 20.1 Å². The highest BCUT2D eigenvalue weighted by molar-refractivity contribution is 6.03. The molecule has 2 nitrogen and oxygen atoms in total. The Balaban J connectivity index is 3.19. The van der Waals surface area contributed by atoms with Gasteiger partial charge in [-0.3, -0.25) is 4.79 Å². The smallest absolute Gasteiger partial charge is 0.371 e. The molecule has 1 rings (SSSR count). The molecule has 100 valence electrons. The van der Waals surface area contributed by atoms with E-state index in [1.54, 1.807) is 13.8 Å². The molecule has 0 spiro atoms. The normalized spacial score (nSPS) is 12.6. The van der Waals surface area contributed by atoms with Gasteiger partial charge in [0.25, 0.3) is 0 Å². The molecule has 1 aromatic rings. The van der Waals surface area contributed by atoms with Gasteiger partial charge in [-0.15, -0.1) is 0 Å². The summed E-state index contributed by atoms with van der Waals surface area (Å²) >= 11 is 0. The van der Waals surface area contributed by atoms with Crippen LogP contribution in [-0.2, 0) is 10.9 Å². The highest BCUT2D eigenvalue weighted by Crippen LogP contribution is 2.31. The molecule has 18 heavy (non-hydrogen) atoms. The molecule has 0 aromatic heterocycles. The number of ketones is 1. The number of Topliss-reactive ketones (excluding diaryl/α,β-unsaturated/α-hetero) is 1. The SMILES string of the molecule is COC(C)(C)C(=O)c1ccc(C(F)(F)F)cc1C. The van der Waals surface area contributed by atoms with Gasteiger partial charge in [0.05, 0.1) is 5.56 Å². The number of rotatable bonds is 3. The molecule has 0 aliphatic heterocycles. The average Bonchev–Trinajstić information content (AvgIpc) is 2.26. The second-order valence-electron chi connectivity index (χ2n) is 4.57. The van der Waals surface area contributed by atoms with Gasteiger partial charge < -0.3 is 4.74 Å². The number of carbonyl (C=O) groups excluding carboxylic acids is 1. The Labute approximate surface area is 104 Å². The second-order valence-corrected chi connectivity index (χ2v) is 4.57. The molecular formula is C13H15F3O2. The summed E-state index contributed by atoms with van der Waals surface area (Å²) in [4.78, 5) is 12.1. The number of aryl methyl sites for hydroxylation is 1. The summed E-state index contributed by atoms with van der Waals surface area (Å²) in [6.07, 6.45) is -4.40. The Hall–Kier alpha value is -1.36. The van der Waals surface area contributed by atoms with Gasteiger partial charge in [0.15, 0.2) is 5.78 Å². The molecule has 0 aliphatic carbocycles. The molecule has 0 unspecified atom stereocenters. The molecule has 0 fully saturated rings. The fourth-order valence-electron chi connectivity index (χ4n) is 1.51. The molecule has 0 saturated carbocycles. The molecule has 0 heterocycles. The van der Waals surface area contributed by atoms with E-state index in [1.807, 2.05) is 0 Å². The summed E-state index contributed by atoms with van der Waals surface area (Å²) in [5, 5.41) is 0. The van der Waals surface area contributed by atoms with Gasteiger partial charge in [-0.1, -0.05) is 6.07 Å². The first-order chi connectivity index (χ1) is 8.09. The Morgan fingerprint density at radius 3 is 2.17 bits per heavy atom. The number of benzene rings is 1. The Morgan fingerprint density at radius 1 is 1.22 bits per heavy atom. The maximum absolute atomic E-state index is 12.5. The Bertz CT molecular complexity index is 462. The molecular weight excluding hydrogens is 245 g/mol. The van der Waals surface area contributed by atoms with Crippen molar-refractivity contribution in [3.8, 4) is 0 Å². The molecule has 0 aliphatic rings. The van der Waals surface area contributed by atoms with E-state index >= 15 is 0 Å². The van der Waals surface area contributed by atoms with Crippen LogP contribution in [-0.4, -0.2) is 18.5 Å². The van der Waals surface area contributed by atoms with E-state index in [4.69, 9.17) is 4.74 Å². The third-order valence-corrected chi connectivity index (χ3v) is 2.86. The van der Waals surface area contributed by atoms with Crippen LogP contribution < -0.4 is 0 Å². The predicted octanol–water partition coefficient (Wildman–Crippen LogP) is 3.62. The zero-order valence-electron chi connectivity index (χ0n) is 10.7. The summed E-state index contributed by atoms with van der Waals surface area (Å²) < 4.78 is 42.5. The van der Waals surface area contributed by atoms with Crippen molar-refractivity contribution in [2.24, 2.45) is 0 Å². The van der Waals surface area contributed by atoms with E-state index in [0.717, 1.165) is 12.1 Å². The van der Waals surface area contributed by atoms with Gasteiger partial charge >= 0.3 is 6.18 Å². The number of hydrogen-bond donors (Lipinski definition) is 0. The Morgan fingerprint density at radius 2 is 1.78 bits per heavy atom. The van der Waals surface area contributed by atoms with Crippen LogP contribution in [0.1, 0.15) is 35.3 Å². The standard InChI is InChI=1S/C13H15F3O2/c1-8-7-9(13(14,15)16)5-6-10(8)11(17)12(2,3)18-4/h5-7H,1-4H3. The average molecular weight is 260 g/mol. The zero-order valence-corrected chi connectivity index (χ0v) is 10.7. The number of alkyl halides is 3. The van der Waals surface area contributed by atoms with Gasteiger partial charge in [0.1, 0.15) is 5.60 Å². The summed E-state index contributed by atoms with van der Waals surface area (Å²) in [7, 11) is 1.39. The summed E-state index contributed by atoms with van der Waals surface area (Å²) in [5.74, 6) is -0.337. The minimum atomic E-state index is -4.40. The minimum absolute atomic E-state index is 0.245. The first-order valence-electron chi connectivity index (χ1n) is 5.37. The van der Waals surface area contributed by atoms with E-state index in [0.29, 0.717) is 5.56 Å². The third-order valence-electron chi connectivity index (χ3n) is 2.86. The highest BCUT2D eigenvalue weighted by atomic mass is 19.4. The lowest BCUT2D eigenvalue weighted by atomic mass is 9.92. The highest BCUT2D eigenvalue weighted by Gasteiger charge is 2.33. The van der Waals surface area contributed by atoms with Crippen molar-refractivity contribution in [2.75, 3.05) is 7.11 Å². The maximum atomic E-state index is 12.5. The number of ether oxygens (including phenoxy) is 1. The van der Waals surface area contributed by atoms with E-state index < -0.39 is 17.3 Å². The van der Waals surface area contributed by atoms with Gasteiger partial charge in [-0.05, 0) is 38.5 Å². The van der Waals surface area contributed by atoms with Crippen LogP contribution in [0.15, 0.2) is 18.2 Å². The Kier molecular flexibility index (Phi) is 3.86. The van der Waals surface area contributed by atoms with Crippen molar-refractivity contribution in [1.82, 2.24) is 0 Å². The number of methoxy groups -OCH3 is 1. The van der Waals surface area contributed by atoms with Crippen LogP contribution >= 0.6 is 0 Å². The second kappa shape index (κ2) is 4.72. The van der Waals surface area contributed by atoms with Gasteiger partial charge in [-0.25, -0.2) is 0 Å². The van der Waals surface area contributed by atoms with E-state index in [2.05, 4.69) is 0 Å². The molecule has 0 bridgehead atoms. The molecule has 0 atom stereocenters. The van der Waals surface area contributed by atoms with Crippen LogP contribution in [0.25, 0.3) is 0 Å². The monoisotopic (exact) mass is 260 g/mol. The van der Waals surface area contributed by atoms with Crippen LogP contribution in [0.2, 0.25) is 0 Å². The van der Waals surface area contributed by atoms with Gasteiger partial charge in [-0.2, -0.15) is 13.2 Å². The van der Waals surface area contributed by atoms with Crippen molar-refractivity contribution in [1.29, 1.82) is 0 Å². The fourth-order valence-corrected chi connectivity index (χ4v) is 1.51. The third kappa shape index (κ3) is 2.90. The minimum Gasteiger partial charge on any atom is -0.371 e. The zero-order chi connectivity index (χ0) is 14.1. The lowest BCUT2D eigenvalue weighted by Crippen LogP contribution is -2.34. The van der Waals surface area contributed by atoms with Crippen LogP contribution in [0.4, 0.5) is 13.2 Å². The predicted molar refractivity (Wildman–Crippen MR) is 61.6 cm³/mol. The van der Waals surface area contributed by atoms with E-state index in [-0.39, 0.29) is 11.3 Å². The van der Waals surface area contributed by atoms with Gasteiger partial charge in [0, 0.05) is 12.7 Å². The fraction of sp³-hybridized carbons (Fsp3) is 0.462. The first-order valence-corrected chi connectivity index (χ1v) is 5.37. The van der Waals surface area contributed by atoms with Crippen molar-refractivity contribution in [3.05, 3.63) is 34.9 Å². The molecule has 1 aromatic carbocycles. The summed E-state index contributed by atoms with van der Waals surface area (Å²) in [5.41, 5.74) is -1.27. The van der Waals surface area contributed by atoms with Crippen molar-refractivity contribution in [2.45, 2.75) is 32.5 Å². The topological polar surface area (TPSA) is 26.3 Å². The van der Waals surface area contributed by atoms with Crippen LogP contribution in [0.3, 0.4) is 0 Å². The molecule has 0 N–H and O–H groups in total. The molecule has 5 heteroatoms.